The van der Waals surface area contributed by atoms with Crippen LogP contribution in [0.25, 0.3) is 0 Å². The van der Waals surface area contributed by atoms with E-state index in [-0.39, 0.29) is 5.91 Å². The molecule has 1 aromatic rings. The van der Waals surface area contributed by atoms with E-state index in [1.165, 1.54) is 6.07 Å². The summed E-state index contributed by atoms with van der Waals surface area (Å²) in [6.45, 7) is 4.71. The molecule has 0 aliphatic heterocycles. The lowest BCUT2D eigenvalue weighted by Crippen LogP contribution is -2.27. The molecule has 0 saturated carbocycles. The number of rotatable bonds is 3. The molecule has 5 heteroatoms. The average Bonchev–Trinajstić information content (AvgIpc) is 2.47. The van der Waals surface area contributed by atoms with Crippen molar-refractivity contribution in [1.82, 2.24) is 15.5 Å². The minimum Gasteiger partial charge on any atom is -0.382 e. The Kier molecular flexibility index (Phi) is 2.89. The van der Waals surface area contributed by atoms with Gasteiger partial charge in [-0.25, -0.2) is 0 Å². The Bertz CT molecular complexity index is 292. The maximum atomic E-state index is 11.3. The maximum Gasteiger partial charge on any atom is 0.269 e. The molecule has 0 atom stereocenters. The predicted molar refractivity (Wildman–Crippen MR) is 50.2 cm³/mol. The summed E-state index contributed by atoms with van der Waals surface area (Å²) >= 11 is 0. The molecule has 0 fully saturated rings. The first-order valence-electron chi connectivity index (χ1n) is 4.18. The summed E-state index contributed by atoms with van der Waals surface area (Å²) < 4.78 is 0. The third kappa shape index (κ3) is 2.77. The minimum absolute atomic E-state index is 0.169. The molecular formula is C8H14N4O. The number of nitrogens with two attached hydrogens (primary N) is 1. The Labute approximate surface area is 76.7 Å². The van der Waals surface area contributed by atoms with Gasteiger partial charge in [-0.05, 0) is 5.92 Å². The summed E-state index contributed by atoms with van der Waals surface area (Å²) in [5, 5.41) is 8.94. The van der Waals surface area contributed by atoms with Gasteiger partial charge in [-0.2, -0.15) is 5.10 Å². The number of carbonyl (C=O) groups is 1. The van der Waals surface area contributed by atoms with E-state index in [1.807, 2.05) is 13.8 Å². The van der Waals surface area contributed by atoms with Crippen LogP contribution in [0.5, 0.6) is 0 Å². The fourth-order valence-electron chi connectivity index (χ4n) is 0.846. The van der Waals surface area contributed by atoms with Gasteiger partial charge in [-0.3, -0.25) is 9.89 Å². The monoisotopic (exact) mass is 182 g/mol. The molecule has 0 unspecified atom stereocenters. The van der Waals surface area contributed by atoms with Gasteiger partial charge >= 0.3 is 0 Å². The number of H-pyrrole nitrogens is 1. The molecule has 0 aliphatic carbocycles. The highest BCUT2D eigenvalue weighted by atomic mass is 16.1. The zero-order valence-electron chi connectivity index (χ0n) is 7.79. The van der Waals surface area contributed by atoms with Gasteiger partial charge in [0.1, 0.15) is 11.5 Å². The standard InChI is InChI=1S/C8H14N4O/c1-5(2)4-10-8(13)6-3-7(9)12-11-6/h3,5H,4H2,1-2H3,(H,10,13)(H3,9,11,12). The topological polar surface area (TPSA) is 83.8 Å². The first-order valence-corrected chi connectivity index (χ1v) is 4.18. The van der Waals surface area contributed by atoms with E-state index in [0.717, 1.165) is 0 Å². The van der Waals surface area contributed by atoms with E-state index >= 15 is 0 Å². The minimum atomic E-state index is -0.169. The lowest BCUT2D eigenvalue weighted by Gasteiger charge is -2.05. The highest BCUT2D eigenvalue weighted by molar-refractivity contribution is 5.92. The number of nitrogen functional groups attached to an aromatic ring is 1. The Morgan fingerprint density at radius 3 is 2.92 bits per heavy atom. The van der Waals surface area contributed by atoms with E-state index in [4.69, 9.17) is 5.73 Å². The van der Waals surface area contributed by atoms with Gasteiger partial charge in [0.25, 0.3) is 5.91 Å². The summed E-state index contributed by atoms with van der Waals surface area (Å²) in [4.78, 5) is 11.3. The summed E-state index contributed by atoms with van der Waals surface area (Å²) in [7, 11) is 0. The second-order valence-corrected chi connectivity index (χ2v) is 3.31. The van der Waals surface area contributed by atoms with Crippen LogP contribution in [0.1, 0.15) is 24.3 Å². The van der Waals surface area contributed by atoms with Gasteiger partial charge in [0.2, 0.25) is 0 Å². The number of hydrogen-bond acceptors (Lipinski definition) is 3. The van der Waals surface area contributed by atoms with Gasteiger partial charge < -0.3 is 11.1 Å². The van der Waals surface area contributed by atoms with Crippen molar-refractivity contribution in [3.05, 3.63) is 11.8 Å². The molecule has 1 amide bonds. The Morgan fingerprint density at radius 1 is 1.77 bits per heavy atom. The van der Waals surface area contributed by atoms with Crippen LogP contribution >= 0.6 is 0 Å². The molecule has 4 N–H and O–H groups in total. The Balaban J connectivity index is 2.49. The Hall–Kier alpha value is -1.52. The van der Waals surface area contributed by atoms with Crippen molar-refractivity contribution < 1.29 is 4.79 Å². The molecule has 0 saturated heterocycles. The average molecular weight is 182 g/mol. The highest BCUT2D eigenvalue weighted by Crippen LogP contribution is 2.00. The van der Waals surface area contributed by atoms with E-state index in [1.54, 1.807) is 0 Å². The number of aromatic amines is 1. The number of amides is 1. The van der Waals surface area contributed by atoms with Crippen molar-refractivity contribution in [1.29, 1.82) is 0 Å². The normalized spacial score (nSPS) is 10.4. The van der Waals surface area contributed by atoms with Crippen LogP contribution in [0.2, 0.25) is 0 Å². The molecule has 5 nitrogen and oxygen atoms in total. The zero-order valence-corrected chi connectivity index (χ0v) is 7.79. The summed E-state index contributed by atoms with van der Waals surface area (Å²) in [5.74, 6) is 0.594. The number of hydrogen-bond donors (Lipinski definition) is 3. The quantitative estimate of drug-likeness (QED) is 0.631. The number of aromatic nitrogens is 2. The van der Waals surface area contributed by atoms with Crippen molar-refractivity contribution in [2.45, 2.75) is 13.8 Å². The Morgan fingerprint density at radius 2 is 2.46 bits per heavy atom. The highest BCUT2D eigenvalue weighted by Gasteiger charge is 2.07. The molecule has 72 valence electrons. The number of nitrogens with zero attached hydrogens (tertiary/aromatic N) is 1. The van der Waals surface area contributed by atoms with Gasteiger partial charge in [-0.1, -0.05) is 13.8 Å². The second-order valence-electron chi connectivity index (χ2n) is 3.31. The van der Waals surface area contributed by atoms with Gasteiger partial charge in [0, 0.05) is 12.6 Å². The predicted octanol–water partition coefficient (Wildman–Crippen LogP) is 0.378. The molecule has 0 aliphatic rings. The van der Waals surface area contributed by atoms with Crippen LogP contribution in [0, 0.1) is 5.92 Å². The molecule has 1 aromatic heterocycles. The second kappa shape index (κ2) is 3.93. The largest absolute Gasteiger partial charge is 0.382 e. The van der Waals surface area contributed by atoms with E-state index < -0.39 is 0 Å². The molecule has 0 bridgehead atoms. The van der Waals surface area contributed by atoms with Crippen molar-refractivity contribution in [3.8, 4) is 0 Å². The fraction of sp³-hybridized carbons (Fsp3) is 0.500. The molecule has 13 heavy (non-hydrogen) atoms. The van der Waals surface area contributed by atoms with Crippen molar-refractivity contribution >= 4 is 11.7 Å². The summed E-state index contributed by atoms with van der Waals surface area (Å²) in [5.41, 5.74) is 5.75. The van der Waals surface area contributed by atoms with Crippen molar-refractivity contribution in [2.75, 3.05) is 12.3 Å². The molecule has 0 aromatic carbocycles. The van der Waals surface area contributed by atoms with Crippen LogP contribution in [0.3, 0.4) is 0 Å². The maximum absolute atomic E-state index is 11.3. The molecule has 1 heterocycles. The lowest BCUT2D eigenvalue weighted by molar-refractivity contribution is 0.0944. The molecular weight excluding hydrogens is 168 g/mol. The number of anilines is 1. The van der Waals surface area contributed by atoms with Gasteiger partial charge in [-0.15, -0.1) is 0 Å². The molecule has 0 radical (unpaired) electrons. The van der Waals surface area contributed by atoms with E-state index in [9.17, 15) is 4.79 Å². The SMILES string of the molecule is CC(C)CNC(=O)c1cc(N)n[nH]1. The summed E-state index contributed by atoms with van der Waals surface area (Å²) in [6.07, 6.45) is 0. The van der Waals surface area contributed by atoms with E-state index in [0.29, 0.717) is 24.0 Å². The van der Waals surface area contributed by atoms with Crippen LogP contribution in [-0.4, -0.2) is 22.6 Å². The smallest absolute Gasteiger partial charge is 0.269 e. The fourth-order valence-corrected chi connectivity index (χ4v) is 0.846. The van der Waals surface area contributed by atoms with Crippen molar-refractivity contribution in [2.24, 2.45) is 5.92 Å². The van der Waals surface area contributed by atoms with Crippen LogP contribution in [-0.2, 0) is 0 Å². The zero-order chi connectivity index (χ0) is 9.84. The number of carbonyl (C=O) groups excluding carboxylic acids is 1. The van der Waals surface area contributed by atoms with Gasteiger partial charge in [0.15, 0.2) is 0 Å². The first kappa shape index (κ1) is 9.57. The van der Waals surface area contributed by atoms with Crippen LogP contribution < -0.4 is 11.1 Å². The van der Waals surface area contributed by atoms with Crippen LogP contribution in [0.15, 0.2) is 6.07 Å². The van der Waals surface area contributed by atoms with Crippen LogP contribution in [0.4, 0.5) is 5.82 Å². The van der Waals surface area contributed by atoms with Gasteiger partial charge in [0.05, 0.1) is 0 Å². The van der Waals surface area contributed by atoms with E-state index in [2.05, 4.69) is 15.5 Å². The summed E-state index contributed by atoms with van der Waals surface area (Å²) in [6, 6.07) is 1.51. The first-order chi connectivity index (χ1) is 6.09. The van der Waals surface area contributed by atoms with Crippen molar-refractivity contribution in [3.63, 3.8) is 0 Å². The third-order valence-corrected chi connectivity index (χ3v) is 1.51. The molecule has 1 rings (SSSR count). The molecule has 0 spiro atoms. The number of nitrogens with one attached hydrogen (secondary N) is 2. The lowest BCUT2D eigenvalue weighted by atomic mass is 10.2. The third-order valence-electron chi connectivity index (χ3n) is 1.51.